The van der Waals surface area contributed by atoms with Crippen LogP contribution in [0.4, 0.5) is 0 Å². The van der Waals surface area contributed by atoms with E-state index in [-0.39, 0.29) is 22.2 Å². The van der Waals surface area contributed by atoms with Crippen LogP contribution in [0.2, 0.25) is 5.02 Å². The van der Waals surface area contributed by atoms with E-state index in [4.69, 9.17) is 21.1 Å². The summed E-state index contributed by atoms with van der Waals surface area (Å²) >= 11 is 5.98. The number of carboxylic acid groups (broad SMARTS) is 1. The second kappa shape index (κ2) is 8.11. The highest BCUT2D eigenvalue weighted by atomic mass is 35.5. The van der Waals surface area contributed by atoms with Gasteiger partial charge in [-0.15, -0.1) is 0 Å². The molecule has 1 aromatic carbocycles. The Morgan fingerprint density at radius 2 is 2.00 bits per heavy atom. The van der Waals surface area contributed by atoms with Crippen LogP contribution in [-0.2, 0) is 4.79 Å². The quantitative estimate of drug-likeness (QED) is 0.592. The summed E-state index contributed by atoms with van der Waals surface area (Å²) in [6.45, 7) is 0. The van der Waals surface area contributed by atoms with Gasteiger partial charge >= 0.3 is 5.97 Å². The minimum Gasteiger partial charge on any atom is -0.478 e. The first-order chi connectivity index (χ1) is 13.0. The minimum absolute atomic E-state index is 0.00226. The summed E-state index contributed by atoms with van der Waals surface area (Å²) in [6, 6.07) is 9.80. The number of hydrogen-bond acceptors (Lipinski definition) is 4. The van der Waals surface area contributed by atoms with E-state index in [1.807, 2.05) is 6.07 Å². The summed E-state index contributed by atoms with van der Waals surface area (Å²) in [6.07, 6.45) is 5.43. The smallest absolute Gasteiger partial charge is 0.337 e. The van der Waals surface area contributed by atoms with Gasteiger partial charge in [0, 0.05) is 17.7 Å². The number of halogens is 1. The number of carboxylic acids is 1. The predicted octanol–water partition coefficient (Wildman–Crippen LogP) is 4.26. The van der Waals surface area contributed by atoms with Crippen molar-refractivity contribution in [3.63, 3.8) is 0 Å². The van der Waals surface area contributed by atoms with Gasteiger partial charge in [0.15, 0.2) is 0 Å². The third-order valence-corrected chi connectivity index (χ3v) is 4.77. The van der Waals surface area contributed by atoms with Gasteiger partial charge in [-0.3, -0.25) is 4.79 Å². The minimum atomic E-state index is -1.11. The van der Waals surface area contributed by atoms with Gasteiger partial charge in [-0.05, 0) is 37.1 Å². The van der Waals surface area contributed by atoms with E-state index in [9.17, 15) is 14.9 Å². The van der Waals surface area contributed by atoms with Crippen LogP contribution in [-0.4, -0.2) is 23.0 Å². The SMILES string of the molecule is N#C/C(=C/c1ccc(-c2ccc(C(=O)O)c(Cl)c2)o1)C(=O)NC1CCCC1. The number of hydrogen-bond donors (Lipinski definition) is 2. The van der Waals surface area contributed by atoms with E-state index in [1.165, 1.54) is 18.2 Å². The normalized spacial score (nSPS) is 14.7. The summed E-state index contributed by atoms with van der Waals surface area (Å²) in [5, 5.41) is 21.3. The fourth-order valence-corrected chi connectivity index (χ4v) is 3.31. The Hall–Kier alpha value is -3.04. The van der Waals surface area contributed by atoms with Crippen LogP contribution < -0.4 is 5.32 Å². The van der Waals surface area contributed by atoms with Crippen LogP contribution in [0.3, 0.4) is 0 Å². The van der Waals surface area contributed by atoms with Crippen LogP contribution in [0.5, 0.6) is 0 Å². The van der Waals surface area contributed by atoms with Gasteiger partial charge in [-0.1, -0.05) is 30.5 Å². The first kappa shape index (κ1) is 18.7. The molecule has 0 aliphatic heterocycles. The summed E-state index contributed by atoms with van der Waals surface area (Å²) < 4.78 is 5.66. The molecule has 1 amide bonds. The van der Waals surface area contributed by atoms with Crippen molar-refractivity contribution in [3.8, 4) is 17.4 Å². The van der Waals surface area contributed by atoms with E-state index >= 15 is 0 Å². The van der Waals surface area contributed by atoms with Crippen molar-refractivity contribution >= 4 is 29.6 Å². The van der Waals surface area contributed by atoms with Gasteiger partial charge in [-0.2, -0.15) is 5.26 Å². The molecule has 0 saturated heterocycles. The third kappa shape index (κ3) is 4.39. The summed E-state index contributed by atoms with van der Waals surface area (Å²) in [4.78, 5) is 23.3. The van der Waals surface area contributed by atoms with Crippen LogP contribution in [0.25, 0.3) is 17.4 Å². The molecule has 0 unspecified atom stereocenters. The van der Waals surface area contributed by atoms with E-state index in [2.05, 4.69) is 5.32 Å². The topological polar surface area (TPSA) is 103 Å². The number of carbonyl (C=O) groups excluding carboxylic acids is 1. The molecule has 1 heterocycles. The number of nitriles is 1. The van der Waals surface area contributed by atoms with Crippen LogP contribution in [0.15, 0.2) is 40.3 Å². The number of nitrogens with one attached hydrogen (secondary N) is 1. The maximum atomic E-state index is 12.2. The monoisotopic (exact) mass is 384 g/mol. The second-order valence-corrected chi connectivity index (χ2v) is 6.73. The molecule has 2 N–H and O–H groups in total. The first-order valence-electron chi connectivity index (χ1n) is 8.53. The molecule has 1 fully saturated rings. The summed E-state index contributed by atoms with van der Waals surface area (Å²) in [7, 11) is 0. The lowest BCUT2D eigenvalue weighted by Gasteiger charge is -2.10. The van der Waals surface area contributed by atoms with Crippen molar-refractivity contribution < 1.29 is 19.1 Å². The molecule has 6 nitrogen and oxygen atoms in total. The van der Waals surface area contributed by atoms with E-state index in [0.717, 1.165) is 25.7 Å². The molecular formula is C20H17ClN2O4. The third-order valence-electron chi connectivity index (χ3n) is 4.45. The molecule has 2 aromatic rings. The van der Waals surface area contributed by atoms with Gasteiger partial charge in [0.05, 0.1) is 10.6 Å². The Bertz CT molecular complexity index is 949. The Kier molecular flexibility index (Phi) is 5.63. The number of rotatable bonds is 5. The van der Waals surface area contributed by atoms with Crippen molar-refractivity contribution in [2.45, 2.75) is 31.7 Å². The van der Waals surface area contributed by atoms with E-state index in [1.54, 1.807) is 18.2 Å². The largest absolute Gasteiger partial charge is 0.478 e. The summed E-state index contributed by atoms with van der Waals surface area (Å²) in [5.41, 5.74) is 0.572. The Morgan fingerprint density at radius 3 is 2.63 bits per heavy atom. The highest BCUT2D eigenvalue weighted by Gasteiger charge is 2.19. The lowest BCUT2D eigenvalue weighted by Crippen LogP contribution is -2.33. The standard InChI is InChI=1S/C20H17ClN2O4/c21-17-10-12(5-7-16(17)20(25)26)18-8-6-15(27-18)9-13(11-22)19(24)23-14-3-1-2-4-14/h5-10,14H,1-4H2,(H,23,24)(H,25,26)/b13-9-. The molecule has 0 spiro atoms. The number of amides is 1. The predicted molar refractivity (Wildman–Crippen MR) is 100 cm³/mol. The second-order valence-electron chi connectivity index (χ2n) is 6.33. The van der Waals surface area contributed by atoms with Crippen molar-refractivity contribution in [2.75, 3.05) is 0 Å². The van der Waals surface area contributed by atoms with E-state index < -0.39 is 11.9 Å². The zero-order valence-corrected chi connectivity index (χ0v) is 15.1. The molecule has 0 atom stereocenters. The maximum absolute atomic E-state index is 12.2. The molecule has 7 heteroatoms. The molecule has 138 valence electrons. The zero-order chi connectivity index (χ0) is 19.4. The van der Waals surface area contributed by atoms with Crippen molar-refractivity contribution in [3.05, 3.63) is 52.3 Å². The van der Waals surface area contributed by atoms with Gasteiger partial charge < -0.3 is 14.8 Å². The number of carbonyl (C=O) groups is 2. The summed E-state index contributed by atoms with van der Waals surface area (Å²) in [5.74, 6) is -0.715. The van der Waals surface area contributed by atoms with Gasteiger partial charge in [0.1, 0.15) is 23.2 Å². The molecule has 1 aromatic heterocycles. The first-order valence-corrected chi connectivity index (χ1v) is 8.91. The number of benzene rings is 1. The lowest BCUT2D eigenvalue weighted by atomic mass is 10.1. The van der Waals surface area contributed by atoms with Gasteiger partial charge in [0.2, 0.25) is 0 Å². The molecule has 0 bridgehead atoms. The Morgan fingerprint density at radius 1 is 1.26 bits per heavy atom. The average molecular weight is 385 g/mol. The van der Waals surface area contributed by atoms with Gasteiger partial charge in [-0.25, -0.2) is 4.79 Å². The molecule has 1 saturated carbocycles. The Labute approximate surface area is 161 Å². The number of furan rings is 1. The molecule has 3 rings (SSSR count). The Balaban J connectivity index is 1.78. The highest BCUT2D eigenvalue weighted by molar-refractivity contribution is 6.33. The zero-order valence-electron chi connectivity index (χ0n) is 14.4. The highest BCUT2D eigenvalue weighted by Crippen LogP contribution is 2.28. The van der Waals surface area contributed by atoms with E-state index in [0.29, 0.717) is 17.1 Å². The molecular weight excluding hydrogens is 368 g/mol. The van der Waals surface area contributed by atoms with Crippen molar-refractivity contribution in [1.29, 1.82) is 5.26 Å². The van der Waals surface area contributed by atoms with Crippen LogP contribution in [0, 0.1) is 11.3 Å². The molecule has 1 aliphatic rings. The fourth-order valence-electron chi connectivity index (χ4n) is 3.05. The molecule has 27 heavy (non-hydrogen) atoms. The maximum Gasteiger partial charge on any atom is 0.337 e. The molecule has 0 radical (unpaired) electrons. The molecule has 1 aliphatic carbocycles. The lowest BCUT2D eigenvalue weighted by molar-refractivity contribution is -0.117. The van der Waals surface area contributed by atoms with Crippen molar-refractivity contribution in [2.24, 2.45) is 0 Å². The van der Waals surface area contributed by atoms with Crippen LogP contribution in [0.1, 0.15) is 41.8 Å². The van der Waals surface area contributed by atoms with Crippen LogP contribution >= 0.6 is 11.6 Å². The fraction of sp³-hybridized carbons (Fsp3) is 0.250. The van der Waals surface area contributed by atoms with Crippen molar-refractivity contribution in [1.82, 2.24) is 5.32 Å². The average Bonchev–Trinajstić information content (AvgIpc) is 3.31. The number of aromatic carboxylic acids is 1. The number of nitrogens with zero attached hydrogens (tertiary/aromatic N) is 1. The van der Waals surface area contributed by atoms with Gasteiger partial charge in [0.25, 0.3) is 5.91 Å².